The zero-order valence-corrected chi connectivity index (χ0v) is 11.8. The summed E-state index contributed by atoms with van der Waals surface area (Å²) in [6.45, 7) is 2.06. The van der Waals surface area contributed by atoms with Gasteiger partial charge in [-0.15, -0.1) is 0 Å². The lowest BCUT2D eigenvalue weighted by molar-refractivity contribution is 1.29. The number of nitrogens with one attached hydrogen (secondary N) is 1. The first-order valence-corrected chi connectivity index (χ1v) is 6.39. The molecular weight excluding hydrogens is 332 g/mol. The predicted octanol–water partition coefficient (Wildman–Crippen LogP) is 4.66. The highest BCUT2D eigenvalue weighted by molar-refractivity contribution is 9.10. The van der Waals surface area contributed by atoms with Crippen LogP contribution in [0.2, 0.25) is 0 Å². The Morgan fingerprint density at radius 2 is 1.94 bits per heavy atom. The van der Waals surface area contributed by atoms with Crippen LogP contribution < -0.4 is 5.32 Å². The van der Waals surface area contributed by atoms with Gasteiger partial charge in [-0.05, 0) is 52.7 Å². The van der Waals surface area contributed by atoms with E-state index in [9.17, 15) is 0 Å². The van der Waals surface area contributed by atoms with Crippen molar-refractivity contribution in [3.05, 3.63) is 51.0 Å². The molecule has 1 heterocycles. The molecule has 0 aliphatic rings. The van der Waals surface area contributed by atoms with E-state index in [1.165, 1.54) is 5.56 Å². The lowest BCUT2D eigenvalue weighted by atomic mass is 10.2. The minimum Gasteiger partial charge on any atom is -0.339 e. The van der Waals surface area contributed by atoms with Crippen LogP contribution in [-0.4, -0.2) is 4.98 Å². The molecule has 1 aromatic carbocycles. The van der Waals surface area contributed by atoms with Gasteiger partial charge in [0, 0.05) is 16.4 Å². The van der Waals surface area contributed by atoms with Gasteiger partial charge in [-0.3, -0.25) is 0 Å². The van der Waals surface area contributed by atoms with Crippen molar-refractivity contribution < 1.29 is 0 Å². The average Bonchev–Trinajstić information content (AvgIpc) is 2.27. The molecule has 1 N–H and O–H groups in total. The summed E-state index contributed by atoms with van der Waals surface area (Å²) in [5.74, 6) is 0.818. The Labute approximate surface area is 111 Å². The van der Waals surface area contributed by atoms with Crippen LogP contribution in [0.3, 0.4) is 0 Å². The molecule has 4 heteroatoms. The standard InChI is InChI=1S/C12H10Br2N2/c1-8-4-5-9(7-11(8)14)16-12-10(13)3-2-6-15-12/h2-7H,1H3,(H,15,16). The lowest BCUT2D eigenvalue weighted by Crippen LogP contribution is -1.94. The highest BCUT2D eigenvalue weighted by atomic mass is 79.9. The van der Waals surface area contributed by atoms with Crippen molar-refractivity contribution in [3.8, 4) is 0 Å². The Hall–Kier alpha value is -0.870. The molecular formula is C12H10Br2N2. The van der Waals surface area contributed by atoms with Crippen LogP contribution in [-0.2, 0) is 0 Å². The van der Waals surface area contributed by atoms with E-state index in [-0.39, 0.29) is 0 Å². The van der Waals surface area contributed by atoms with Gasteiger partial charge in [-0.1, -0.05) is 22.0 Å². The molecule has 0 atom stereocenters. The SMILES string of the molecule is Cc1ccc(Nc2ncccc2Br)cc1Br. The van der Waals surface area contributed by atoms with Crippen molar-refractivity contribution in [1.82, 2.24) is 4.98 Å². The number of nitrogens with zero attached hydrogens (tertiary/aromatic N) is 1. The molecule has 0 aliphatic heterocycles. The van der Waals surface area contributed by atoms with Gasteiger partial charge >= 0.3 is 0 Å². The molecule has 1 aromatic heterocycles. The molecule has 0 spiro atoms. The fourth-order valence-electron chi connectivity index (χ4n) is 1.28. The number of halogens is 2. The van der Waals surface area contributed by atoms with Gasteiger partial charge in [0.1, 0.15) is 5.82 Å². The van der Waals surface area contributed by atoms with Gasteiger partial charge in [-0.25, -0.2) is 4.98 Å². The average molecular weight is 342 g/mol. The van der Waals surface area contributed by atoms with Crippen molar-refractivity contribution >= 4 is 43.4 Å². The van der Waals surface area contributed by atoms with E-state index >= 15 is 0 Å². The summed E-state index contributed by atoms with van der Waals surface area (Å²) in [7, 11) is 0. The Bertz CT molecular complexity index is 512. The third-order valence-corrected chi connectivity index (χ3v) is 3.69. The predicted molar refractivity (Wildman–Crippen MR) is 74.1 cm³/mol. The van der Waals surface area contributed by atoms with E-state index in [1.54, 1.807) is 6.20 Å². The maximum Gasteiger partial charge on any atom is 0.144 e. The van der Waals surface area contributed by atoms with Crippen molar-refractivity contribution in [2.24, 2.45) is 0 Å². The number of aryl methyl sites for hydroxylation is 1. The number of benzene rings is 1. The molecule has 2 rings (SSSR count). The quantitative estimate of drug-likeness (QED) is 0.859. The van der Waals surface area contributed by atoms with Gasteiger partial charge in [-0.2, -0.15) is 0 Å². The number of hydrogen-bond acceptors (Lipinski definition) is 2. The first kappa shape index (κ1) is 11.6. The summed E-state index contributed by atoms with van der Waals surface area (Å²) < 4.78 is 2.04. The zero-order chi connectivity index (χ0) is 11.5. The molecule has 16 heavy (non-hydrogen) atoms. The largest absolute Gasteiger partial charge is 0.339 e. The number of aromatic nitrogens is 1. The van der Waals surface area contributed by atoms with Crippen molar-refractivity contribution in [2.45, 2.75) is 6.92 Å². The fourth-order valence-corrected chi connectivity index (χ4v) is 2.02. The molecule has 0 unspecified atom stereocenters. The van der Waals surface area contributed by atoms with Crippen LogP contribution in [0.5, 0.6) is 0 Å². The van der Waals surface area contributed by atoms with E-state index in [2.05, 4.69) is 55.2 Å². The molecule has 0 aliphatic carbocycles. The minimum atomic E-state index is 0.818. The Kier molecular flexibility index (Phi) is 3.61. The summed E-state index contributed by atoms with van der Waals surface area (Å²) >= 11 is 6.96. The van der Waals surface area contributed by atoms with E-state index < -0.39 is 0 Å². The molecule has 0 bridgehead atoms. The first-order valence-electron chi connectivity index (χ1n) is 4.80. The molecule has 0 fully saturated rings. The summed E-state index contributed by atoms with van der Waals surface area (Å²) in [4.78, 5) is 4.25. The van der Waals surface area contributed by atoms with Crippen molar-refractivity contribution in [1.29, 1.82) is 0 Å². The maximum atomic E-state index is 4.25. The van der Waals surface area contributed by atoms with Gasteiger partial charge in [0.15, 0.2) is 0 Å². The third-order valence-electron chi connectivity index (χ3n) is 2.19. The second kappa shape index (κ2) is 4.97. The number of rotatable bonds is 2. The Morgan fingerprint density at radius 3 is 2.62 bits per heavy atom. The van der Waals surface area contributed by atoms with Crippen LogP contribution in [0.15, 0.2) is 45.5 Å². The van der Waals surface area contributed by atoms with Crippen molar-refractivity contribution in [3.63, 3.8) is 0 Å². The molecule has 0 amide bonds. The van der Waals surface area contributed by atoms with Gasteiger partial charge in [0.05, 0.1) is 4.47 Å². The fraction of sp³-hybridized carbons (Fsp3) is 0.0833. The highest BCUT2D eigenvalue weighted by Crippen LogP contribution is 2.26. The second-order valence-electron chi connectivity index (χ2n) is 3.42. The Morgan fingerprint density at radius 1 is 1.12 bits per heavy atom. The van der Waals surface area contributed by atoms with Crippen LogP contribution in [0.4, 0.5) is 11.5 Å². The molecule has 2 aromatic rings. The van der Waals surface area contributed by atoms with E-state index in [0.29, 0.717) is 0 Å². The lowest BCUT2D eigenvalue weighted by Gasteiger charge is -2.08. The number of pyridine rings is 1. The Balaban J connectivity index is 2.28. The van der Waals surface area contributed by atoms with Gasteiger partial charge in [0.2, 0.25) is 0 Å². The maximum absolute atomic E-state index is 4.25. The molecule has 0 saturated heterocycles. The smallest absolute Gasteiger partial charge is 0.144 e. The summed E-state index contributed by atoms with van der Waals surface area (Å²) in [6.07, 6.45) is 1.76. The first-order chi connectivity index (χ1) is 7.66. The van der Waals surface area contributed by atoms with Crippen LogP contribution in [0.1, 0.15) is 5.56 Å². The van der Waals surface area contributed by atoms with E-state index in [1.807, 2.05) is 24.3 Å². The number of hydrogen-bond donors (Lipinski definition) is 1. The van der Waals surface area contributed by atoms with Crippen LogP contribution in [0.25, 0.3) is 0 Å². The molecule has 0 radical (unpaired) electrons. The van der Waals surface area contributed by atoms with Crippen LogP contribution >= 0.6 is 31.9 Å². The normalized spacial score (nSPS) is 10.2. The topological polar surface area (TPSA) is 24.9 Å². The molecule has 82 valence electrons. The summed E-state index contributed by atoms with van der Waals surface area (Å²) in [5.41, 5.74) is 2.22. The monoisotopic (exact) mass is 340 g/mol. The van der Waals surface area contributed by atoms with Gasteiger partial charge in [0.25, 0.3) is 0 Å². The van der Waals surface area contributed by atoms with Crippen LogP contribution in [0, 0.1) is 6.92 Å². The zero-order valence-electron chi connectivity index (χ0n) is 8.67. The van der Waals surface area contributed by atoms with E-state index in [4.69, 9.17) is 0 Å². The van der Waals surface area contributed by atoms with Gasteiger partial charge < -0.3 is 5.32 Å². The highest BCUT2D eigenvalue weighted by Gasteiger charge is 2.02. The minimum absolute atomic E-state index is 0.818. The molecule has 2 nitrogen and oxygen atoms in total. The number of anilines is 2. The third kappa shape index (κ3) is 2.62. The van der Waals surface area contributed by atoms with Crippen molar-refractivity contribution in [2.75, 3.05) is 5.32 Å². The summed E-state index contributed by atoms with van der Waals surface area (Å²) in [6, 6.07) is 9.97. The van der Waals surface area contributed by atoms with E-state index in [0.717, 1.165) is 20.5 Å². The summed E-state index contributed by atoms with van der Waals surface area (Å²) in [5, 5.41) is 3.25. The second-order valence-corrected chi connectivity index (χ2v) is 5.13. The molecule has 0 saturated carbocycles.